The van der Waals surface area contributed by atoms with Crippen molar-refractivity contribution in [2.45, 2.75) is 193 Å². The van der Waals surface area contributed by atoms with Gasteiger partial charge in [-0.2, -0.15) is 0 Å². The molecule has 2 atom stereocenters. The number of hydrogen-bond acceptors (Lipinski definition) is 6. The van der Waals surface area contributed by atoms with Crippen LogP contribution < -0.4 is 10.2 Å². The van der Waals surface area contributed by atoms with Crippen LogP contribution in [0.15, 0.2) is 24.3 Å². The van der Waals surface area contributed by atoms with Gasteiger partial charge in [0, 0.05) is 11.9 Å². The Balaban J connectivity index is -0.000000727. The number of carboxylic acid groups (broad SMARTS) is 2. The minimum absolute atomic E-state index is 0. The summed E-state index contributed by atoms with van der Waals surface area (Å²) in [5, 5.41) is 40.0. The molecule has 0 amide bonds. The number of carbonyl (C=O) groups is 2. The van der Waals surface area contributed by atoms with Crippen LogP contribution in [0, 0.1) is 0 Å². The summed E-state index contributed by atoms with van der Waals surface area (Å²) in [4.78, 5) is 20.4. The van der Waals surface area contributed by atoms with E-state index in [0.29, 0.717) is 0 Å². The van der Waals surface area contributed by atoms with Crippen LogP contribution in [0.4, 0.5) is 0 Å². The van der Waals surface area contributed by atoms with Crippen molar-refractivity contribution in [1.29, 1.82) is 0 Å². The van der Waals surface area contributed by atoms with Gasteiger partial charge in [-0.05, 0) is 77.0 Å². The van der Waals surface area contributed by atoms with Crippen LogP contribution in [-0.2, 0) is 9.59 Å². The summed E-state index contributed by atoms with van der Waals surface area (Å²) in [7, 11) is 0. The Bertz CT molecular complexity index is 583. The maximum Gasteiger partial charge on any atom is 2.00 e. The second kappa shape index (κ2) is 39.8. The summed E-state index contributed by atoms with van der Waals surface area (Å²) in [6, 6.07) is 0. The average Bonchev–Trinajstić information content (AvgIpc) is 2.95. The van der Waals surface area contributed by atoms with Gasteiger partial charge in [-0.25, -0.2) is 0 Å². The zero-order valence-electron chi connectivity index (χ0n) is 28.1. The molecule has 0 rings (SSSR count). The summed E-state index contributed by atoms with van der Waals surface area (Å²) in [5.74, 6) is -1.88. The maximum atomic E-state index is 10.2. The Morgan fingerprint density at radius 2 is 0.837 bits per heavy atom. The molecule has 0 radical (unpaired) electrons. The van der Waals surface area contributed by atoms with E-state index in [2.05, 4.69) is 38.2 Å². The first-order valence-corrected chi connectivity index (χ1v) is 17.4. The van der Waals surface area contributed by atoms with Crippen LogP contribution in [-0.4, -0.2) is 79.8 Å². The number of aliphatic carboxylic acids is 2. The summed E-state index contributed by atoms with van der Waals surface area (Å²) in [6.45, 7) is 4.39. The van der Waals surface area contributed by atoms with Gasteiger partial charge in [0.2, 0.25) is 0 Å². The standard InChI is InChI=1S/2C18H34O3.Sr/c2*1-2-3-4-11-14-17(19)15-12-9-7-5-6-8-10-13-16-18(20)21;/h2*9,12,17,19H,2-8,10-11,13-16H2,1H3,(H,20,21);/q;;+2/p-2/b2*12-9-;/t2*17-;/m11./s1. The van der Waals surface area contributed by atoms with Crippen molar-refractivity contribution >= 4 is 57.4 Å². The van der Waals surface area contributed by atoms with Crippen LogP contribution in [0.5, 0.6) is 0 Å². The Morgan fingerprint density at radius 1 is 0.512 bits per heavy atom. The number of carbonyl (C=O) groups excluding carboxylic acids is 2. The van der Waals surface area contributed by atoms with Crippen molar-refractivity contribution in [3.05, 3.63) is 24.3 Å². The molecule has 0 unspecified atom stereocenters. The molecule has 0 saturated carbocycles. The normalized spacial score (nSPS) is 12.6. The van der Waals surface area contributed by atoms with E-state index >= 15 is 0 Å². The molecule has 0 heterocycles. The monoisotopic (exact) mass is 682 g/mol. The van der Waals surface area contributed by atoms with E-state index in [-0.39, 0.29) is 70.5 Å². The van der Waals surface area contributed by atoms with Crippen LogP contribution in [0.2, 0.25) is 0 Å². The summed E-state index contributed by atoms with van der Waals surface area (Å²) >= 11 is 0. The molecule has 0 aromatic heterocycles. The average molecular weight is 683 g/mol. The van der Waals surface area contributed by atoms with Crippen molar-refractivity contribution in [3.8, 4) is 0 Å². The summed E-state index contributed by atoms with van der Waals surface area (Å²) in [5.41, 5.74) is 0. The van der Waals surface area contributed by atoms with Crippen molar-refractivity contribution in [1.82, 2.24) is 0 Å². The van der Waals surface area contributed by atoms with E-state index in [0.717, 1.165) is 116 Å². The SMILES string of the molecule is CCCCCC[C@@H](O)C/C=C\CCCCCCCC(=O)[O-].CCCCCC[C@@H](O)C/C=C\CCCCCCCC(=O)[O-].[Sr+2]. The van der Waals surface area contributed by atoms with Gasteiger partial charge in [0.25, 0.3) is 0 Å². The molecule has 0 fully saturated rings. The van der Waals surface area contributed by atoms with E-state index in [4.69, 9.17) is 0 Å². The predicted molar refractivity (Wildman–Crippen MR) is 177 cm³/mol. The summed E-state index contributed by atoms with van der Waals surface area (Å²) in [6.07, 6.45) is 34.0. The molecule has 0 bridgehead atoms. The van der Waals surface area contributed by atoms with Gasteiger partial charge in [0.05, 0.1) is 12.2 Å². The number of aliphatic hydroxyl groups is 2. The van der Waals surface area contributed by atoms with E-state index < -0.39 is 11.9 Å². The molecule has 0 aliphatic rings. The summed E-state index contributed by atoms with van der Waals surface area (Å²) < 4.78 is 0. The molecular weight excluding hydrogens is 616 g/mol. The topological polar surface area (TPSA) is 121 Å². The van der Waals surface area contributed by atoms with Crippen LogP contribution in [0.3, 0.4) is 0 Å². The molecule has 0 aromatic carbocycles. The number of unbranched alkanes of at least 4 members (excludes halogenated alkanes) is 16. The number of allylic oxidation sites excluding steroid dienone is 2. The number of carboxylic acids is 2. The van der Waals surface area contributed by atoms with Gasteiger partial charge < -0.3 is 30.0 Å². The second-order valence-electron chi connectivity index (χ2n) is 11.8. The second-order valence-corrected chi connectivity index (χ2v) is 11.8. The van der Waals surface area contributed by atoms with Crippen molar-refractivity contribution in [2.75, 3.05) is 0 Å². The molecule has 248 valence electrons. The Hall–Kier alpha value is -0.179. The zero-order chi connectivity index (χ0) is 31.5. The number of rotatable bonds is 30. The Morgan fingerprint density at radius 3 is 1.19 bits per heavy atom. The molecule has 6 nitrogen and oxygen atoms in total. The Labute approximate surface area is 302 Å². The first-order chi connectivity index (χ1) is 20.3. The third-order valence-electron chi connectivity index (χ3n) is 7.43. The zero-order valence-corrected chi connectivity index (χ0v) is 31.6. The van der Waals surface area contributed by atoms with Gasteiger partial charge in [0.1, 0.15) is 0 Å². The van der Waals surface area contributed by atoms with E-state index in [1.165, 1.54) is 38.5 Å². The third kappa shape index (κ3) is 46.4. The largest absolute Gasteiger partial charge is 2.00 e. The molecule has 0 aliphatic heterocycles. The van der Waals surface area contributed by atoms with Crippen LogP contribution in [0.25, 0.3) is 0 Å². The fourth-order valence-corrected chi connectivity index (χ4v) is 4.72. The third-order valence-corrected chi connectivity index (χ3v) is 7.43. The van der Waals surface area contributed by atoms with Gasteiger partial charge >= 0.3 is 45.5 Å². The molecule has 0 aliphatic carbocycles. The molecule has 0 saturated heterocycles. The van der Waals surface area contributed by atoms with Gasteiger partial charge in [-0.15, -0.1) is 0 Å². The van der Waals surface area contributed by atoms with Crippen LogP contribution in [0.1, 0.15) is 181 Å². The number of hydrogen-bond donors (Lipinski definition) is 2. The molecular formula is C36H66O6Sr. The fraction of sp³-hybridized carbons (Fsp3) is 0.833. The fourth-order valence-electron chi connectivity index (χ4n) is 4.72. The molecule has 0 spiro atoms. The minimum atomic E-state index is -0.939. The first kappa shape index (κ1) is 47.2. The predicted octanol–water partition coefficient (Wildman–Crippen LogP) is 7.11. The van der Waals surface area contributed by atoms with Gasteiger partial charge in [-0.1, -0.05) is 128 Å². The van der Waals surface area contributed by atoms with Crippen molar-refractivity contribution in [3.63, 3.8) is 0 Å². The quantitative estimate of drug-likeness (QED) is 0.0474. The van der Waals surface area contributed by atoms with Crippen molar-refractivity contribution in [2.24, 2.45) is 0 Å². The molecule has 7 heteroatoms. The molecule has 43 heavy (non-hydrogen) atoms. The van der Waals surface area contributed by atoms with Crippen molar-refractivity contribution < 1.29 is 30.0 Å². The van der Waals surface area contributed by atoms with E-state index in [9.17, 15) is 30.0 Å². The number of aliphatic hydroxyl groups excluding tert-OH is 2. The molecule has 2 N–H and O–H groups in total. The van der Waals surface area contributed by atoms with Gasteiger partial charge in [0.15, 0.2) is 0 Å². The smallest absolute Gasteiger partial charge is 0.550 e. The first-order valence-electron chi connectivity index (χ1n) is 17.4. The van der Waals surface area contributed by atoms with Gasteiger partial charge in [-0.3, -0.25) is 0 Å². The van der Waals surface area contributed by atoms with E-state index in [1.807, 2.05) is 0 Å². The molecule has 0 aromatic rings. The van der Waals surface area contributed by atoms with Crippen LogP contribution >= 0.6 is 0 Å². The Kier molecular flexibility index (Phi) is 43.8. The van der Waals surface area contributed by atoms with E-state index in [1.54, 1.807) is 0 Å². The minimum Gasteiger partial charge on any atom is -0.550 e. The maximum absolute atomic E-state index is 10.2.